The minimum Gasteiger partial charge on any atom is -0.494 e. The maximum atomic E-state index is 12.9. The van der Waals surface area contributed by atoms with E-state index in [1.54, 1.807) is 41.9 Å². The summed E-state index contributed by atoms with van der Waals surface area (Å²) in [4.78, 5) is 11.4. The minimum absolute atomic E-state index is 0.176. The molecule has 1 aromatic heterocycles. The minimum atomic E-state index is -3.84. The quantitative estimate of drug-likeness (QED) is 0.720. The second-order valence-corrected chi connectivity index (χ2v) is 7.47. The molecule has 136 valence electrons. The smallest absolute Gasteiger partial charge is 0.264 e. The predicted octanol–water partition coefficient (Wildman–Crippen LogP) is 2.95. The van der Waals surface area contributed by atoms with Crippen molar-refractivity contribution < 1.29 is 17.9 Å². The molecule has 1 amide bonds. The summed E-state index contributed by atoms with van der Waals surface area (Å²) >= 11 is 0. The van der Waals surface area contributed by atoms with Crippen molar-refractivity contribution >= 4 is 38.2 Å². The molecule has 1 heterocycles. The molecule has 26 heavy (non-hydrogen) atoms. The molecule has 0 aliphatic carbocycles. The number of hydrogen-bond donors (Lipinski definition) is 2. The van der Waals surface area contributed by atoms with Crippen molar-refractivity contribution in [2.24, 2.45) is 7.05 Å². The van der Waals surface area contributed by atoms with Crippen LogP contribution in [0.3, 0.4) is 0 Å². The van der Waals surface area contributed by atoms with Gasteiger partial charge in [0.05, 0.1) is 18.3 Å². The molecule has 0 spiro atoms. The van der Waals surface area contributed by atoms with Gasteiger partial charge in [-0.05, 0) is 24.3 Å². The Hall–Kier alpha value is -3.00. The Morgan fingerprint density at radius 3 is 2.62 bits per heavy atom. The Morgan fingerprint density at radius 2 is 1.92 bits per heavy atom. The van der Waals surface area contributed by atoms with Gasteiger partial charge in [0, 0.05) is 37.3 Å². The van der Waals surface area contributed by atoms with Crippen LogP contribution in [0.25, 0.3) is 10.9 Å². The lowest BCUT2D eigenvalue weighted by molar-refractivity contribution is -0.114. The van der Waals surface area contributed by atoms with Crippen LogP contribution >= 0.6 is 0 Å². The third-order valence-electron chi connectivity index (χ3n) is 3.92. The van der Waals surface area contributed by atoms with Gasteiger partial charge in [0.2, 0.25) is 5.91 Å². The molecule has 0 atom stereocenters. The van der Waals surface area contributed by atoms with Crippen LogP contribution in [0.2, 0.25) is 0 Å². The summed E-state index contributed by atoms with van der Waals surface area (Å²) in [6.45, 7) is 1.39. The number of benzene rings is 2. The van der Waals surface area contributed by atoms with Crippen LogP contribution in [0.1, 0.15) is 6.92 Å². The van der Waals surface area contributed by atoms with Gasteiger partial charge in [0.25, 0.3) is 10.0 Å². The maximum absolute atomic E-state index is 12.9. The van der Waals surface area contributed by atoms with E-state index in [2.05, 4.69) is 10.0 Å². The van der Waals surface area contributed by atoms with Gasteiger partial charge in [0.1, 0.15) is 10.6 Å². The fourth-order valence-electron chi connectivity index (χ4n) is 2.79. The van der Waals surface area contributed by atoms with Gasteiger partial charge in [0.15, 0.2) is 0 Å². The lowest BCUT2D eigenvalue weighted by atomic mass is 10.2. The number of nitrogens with zero attached hydrogens (tertiary/aromatic N) is 1. The molecule has 0 unspecified atom stereocenters. The van der Waals surface area contributed by atoms with Crippen molar-refractivity contribution in [3.8, 4) is 5.75 Å². The van der Waals surface area contributed by atoms with E-state index in [1.165, 1.54) is 14.0 Å². The van der Waals surface area contributed by atoms with Gasteiger partial charge in [-0.15, -0.1) is 0 Å². The summed E-state index contributed by atoms with van der Waals surface area (Å²) in [5.74, 6) is 0.0784. The predicted molar refractivity (Wildman–Crippen MR) is 101 cm³/mol. The average Bonchev–Trinajstić information content (AvgIpc) is 2.97. The van der Waals surface area contributed by atoms with Crippen molar-refractivity contribution in [1.29, 1.82) is 0 Å². The van der Waals surface area contributed by atoms with Crippen molar-refractivity contribution in [1.82, 2.24) is 4.57 Å². The molecule has 8 heteroatoms. The van der Waals surface area contributed by atoms with Crippen LogP contribution in [-0.2, 0) is 21.9 Å². The number of methoxy groups -OCH3 is 1. The number of para-hydroxylation sites is 1. The summed E-state index contributed by atoms with van der Waals surface area (Å²) in [6.07, 6.45) is 1.81. The maximum Gasteiger partial charge on any atom is 0.264 e. The summed E-state index contributed by atoms with van der Waals surface area (Å²) in [5.41, 5.74) is 1.42. The summed E-state index contributed by atoms with van der Waals surface area (Å²) in [7, 11) is -0.610. The Kier molecular flexibility index (Phi) is 4.60. The fourth-order valence-corrected chi connectivity index (χ4v) is 4.13. The number of nitrogens with one attached hydrogen (secondary N) is 2. The van der Waals surface area contributed by atoms with Crippen molar-refractivity contribution in [3.63, 3.8) is 0 Å². The van der Waals surface area contributed by atoms with E-state index in [0.717, 1.165) is 5.39 Å². The summed E-state index contributed by atoms with van der Waals surface area (Å²) in [6, 6.07) is 11.7. The molecule has 2 aromatic carbocycles. The Morgan fingerprint density at radius 1 is 1.15 bits per heavy atom. The molecule has 0 bridgehead atoms. The first kappa shape index (κ1) is 17.8. The Labute approximate surface area is 151 Å². The summed E-state index contributed by atoms with van der Waals surface area (Å²) < 4.78 is 35.5. The number of anilines is 2. The topological polar surface area (TPSA) is 89.4 Å². The van der Waals surface area contributed by atoms with Crippen molar-refractivity contribution in [2.45, 2.75) is 11.8 Å². The second kappa shape index (κ2) is 6.72. The highest BCUT2D eigenvalue weighted by atomic mass is 32.2. The van der Waals surface area contributed by atoms with E-state index in [-0.39, 0.29) is 16.5 Å². The molecule has 0 aliphatic heterocycles. The highest BCUT2D eigenvalue weighted by Gasteiger charge is 2.21. The van der Waals surface area contributed by atoms with E-state index in [1.807, 2.05) is 18.3 Å². The van der Waals surface area contributed by atoms with Crippen molar-refractivity contribution in [2.75, 3.05) is 17.1 Å². The van der Waals surface area contributed by atoms with Crippen LogP contribution in [0.5, 0.6) is 5.75 Å². The number of aromatic nitrogens is 1. The Bertz CT molecular complexity index is 1090. The zero-order valence-electron chi connectivity index (χ0n) is 14.6. The van der Waals surface area contributed by atoms with E-state index in [0.29, 0.717) is 17.0 Å². The molecule has 0 saturated heterocycles. The SMILES string of the molecule is COc1cc(NC(C)=O)ccc1NS(=O)(=O)c1cccc2ccn(C)c12. The van der Waals surface area contributed by atoms with Gasteiger partial charge >= 0.3 is 0 Å². The van der Waals surface area contributed by atoms with Gasteiger partial charge in [-0.1, -0.05) is 12.1 Å². The zero-order chi connectivity index (χ0) is 18.9. The molecular formula is C18H19N3O4S. The molecule has 3 aromatic rings. The summed E-state index contributed by atoms with van der Waals surface area (Å²) in [5, 5.41) is 3.47. The van der Waals surface area contributed by atoms with Crippen LogP contribution in [0.4, 0.5) is 11.4 Å². The van der Waals surface area contributed by atoms with Crippen LogP contribution in [0, 0.1) is 0 Å². The van der Waals surface area contributed by atoms with Gasteiger partial charge in [-0.25, -0.2) is 8.42 Å². The highest BCUT2D eigenvalue weighted by molar-refractivity contribution is 7.93. The number of sulfonamides is 1. The third kappa shape index (κ3) is 3.36. The zero-order valence-corrected chi connectivity index (χ0v) is 15.4. The average molecular weight is 373 g/mol. The van der Waals surface area contributed by atoms with Gasteiger partial charge < -0.3 is 14.6 Å². The monoisotopic (exact) mass is 373 g/mol. The van der Waals surface area contributed by atoms with E-state index in [4.69, 9.17) is 4.74 Å². The Balaban J connectivity index is 2.01. The first-order chi connectivity index (χ1) is 12.3. The van der Waals surface area contributed by atoms with E-state index >= 15 is 0 Å². The first-order valence-electron chi connectivity index (χ1n) is 7.84. The van der Waals surface area contributed by atoms with E-state index in [9.17, 15) is 13.2 Å². The lowest BCUT2D eigenvalue weighted by Crippen LogP contribution is -2.15. The lowest BCUT2D eigenvalue weighted by Gasteiger charge is -2.14. The standard InChI is InChI=1S/C18H19N3O4S/c1-12(22)19-14-7-8-15(16(11-14)25-3)20-26(23,24)17-6-4-5-13-9-10-21(2)18(13)17/h4-11,20H,1-3H3,(H,19,22). The van der Waals surface area contributed by atoms with Gasteiger partial charge in [-0.2, -0.15) is 0 Å². The normalized spacial score (nSPS) is 11.3. The number of aryl methyl sites for hydroxylation is 1. The number of amides is 1. The molecule has 0 fully saturated rings. The van der Waals surface area contributed by atoms with Gasteiger partial charge in [-0.3, -0.25) is 9.52 Å². The molecule has 0 saturated carbocycles. The fraction of sp³-hybridized carbons (Fsp3) is 0.167. The molecule has 7 nitrogen and oxygen atoms in total. The number of fused-ring (bicyclic) bond motifs is 1. The number of carbonyl (C=O) groups is 1. The van der Waals surface area contributed by atoms with Crippen molar-refractivity contribution in [3.05, 3.63) is 48.7 Å². The number of ether oxygens (including phenoxy) is 1. The molecule has 3 rings (SSSR count). The largest absolute Gasteiger partial charge is 0.494 e. The first-order valence-corrected chi connectivity index (χ1v) is 9.32. The molecular weight excluding hydrogens is 354 g/mol. The molecule has 0 aliphatic rings. The van der Waals surface area contributed by atoms with Crippen LogP contribution < -0.4 is 14.8 Å². The van der Waals surface area contributed by atoms with Crippen LogP contribution in [-0.4, -0.2) is 26.0 Å². The third-order valence-corrected chi connectivity index (χ3v) is 5.31. The molecule has 0 radical (unpaired) electrons. The highest BCUT2D eigenvalue weighted by Crippen LogP contribution is 2.31. The number of hydrogen-bond acceptors (Lipinski definition) is 4. The van der Waals surface area contributed by atoms with Crippen LogP contribution in [0.15, 0.2) is 53.6 Å². The number of rotatable bonds is 5. The second-order valence-electron chi connectivity index (χ2n) is 5.82. The molecule has 2 N–H and O–H groups in total. The van der Waals surface area contributed by atoms with E-state index < -0.39 is 10.0 Å². The number of carbonyl (C=O) groups excluding carboxylic acids is 1.